The molecule has 0 spiro atoms. The molecular formula is C25H18ClN3. The number of hydrogen-bond acceptors (Lipinski definition) is 3. The van der Waals surface area contributed by atoms with Gasteiger partial charge in [-0.3, -0.25) is 0 Å². The molecule has 1 atom stereocenters. The van der Waals surface area contributed by atoms with E-state index in [9.17, 15) is 0 Å². The molecule has 29 heavy (non-hydrogen) atoms. The van der Waals surface area contributed by atoms with Crippen molar-refractivity contribution in [1.29, 1.82) is 0 Å². The first-order valence-electron chi connectivity index (χ1n) is 9.60. The van der Waals surface area contributed by atoms with E-state index in [1.807, 2.05) is 30.3 Å². The van der Waals surface area contributed by atoms with Crippen LogP contribution in [0, 0.1) is 5.92 Å². The Morgan fingerprint density at radius 2 is 1.45 bits per heavy atom. The molecule has 0 bridgehead atoms. The van der Waals surface area contributed by atoms with Crippen LogP contribution in [-0.4, -0.2) is 15.0 Å². The van der Waals surface area contributed by atoms with Gasteiger partial charge in [-0.1, -0.05) is 91.1 Å². The average Bonchev–Trinajstić information content (AvgIpc) is 2.79. The monoisotopic (exact) mass is 395 g/mol. The van der Waals surface area contributed by atoms with Crippen LogP contribution in [0.3, 0.4) is 0 Å². The zero-order valence-electron chi connectivity index (χ0n) is 15.7. The van der Waals surface area contributed by atoms with Crippen LogP contribution >= 0.6 is 11.6 Å². The number of allylic oxidation sites excluding steroid dienone is 8. The molecule has 0 aliphatic heterocycles. The first kappa shape index (κ1) is 17.8. The molecule has 0 saturated carbocycles. The third-order valence-corrected chi connectivity index (χ3v) is 5.40. The van der Waals surface area contributed by atoms with E-state index in [1.165, 1.54) is 11.1 Å². The number of hydrogen-bond donors (Lipinski definition) is 0. The fraction of sp³-hybridized carbons (Fsp3) is 0.0800. The number of aromatic nitrogens is 3. The van der Waals surface area contributed by atoms with E-state index in [-0.39, 0.29) is 5.28 Å². The third kappa shape index (κ3) is 3.69. The summed E-state index contributed by atoms with van der Waals surface area (Å²) in [5.74, 6) is 1.60. The molecule has 3 nitrogen and oxygen atoms in total. The van der Waals surface area contributed by atoms with E-state index >= 15 is 0 Å². The number of halogens is 1. The molecule has 0 N–H and O–H groups in total. The lowest BCUT2D eigenvalue weighted by atomic mass is 9.84. The SMILES string of the molecule is Clc1nc(C2=CC=C3C=CC=CC3C2)nc(-c2ccc(-c3ccccc3)cc2)n1. The number of benzene rings is 2. The Morgan fingerprint density at radius 1 is 0.724 bits per heavy atom. The van der Waals surface area contributed by atoms with Crippen LogP contribution in [0.25, 0.3) is 28.1 Å². The van der Waals surface area contributed by atoms with Crippen LogP contribution in [0.5, 0.6) is 0 Å². The van der Waals surface area contributed by atoms with Crippen LogP contribution in [0.1, 0.15) is 12.2 Å². The Bertz CT molecular complexity index is 1170. The molecule has 1 aromatic heterocycles. The van der Waals surface area contributed by atoms with Crippen molar-refractivity contribution in [2.24, 2.45) is 5.92 Å². The molecule has 2 aliphatic rings. The molecule has 0 saturated heterocycles. The summed E-state index contributed by atoms with van der Waals surface area (Å²) in [6.45, 7) is 0. The van der Waals surface area contributed by atoms with Crippen molar-refractivity contribution in [3.63, 3.8) is 0 Å². The van der Waals surface area contributed by atoms with Gasteiger partial charge in [-0.05, 0) is 40.3 Å². The lowest BCUT2D eigenvalue weighted by molar-refractivity contribution is 0.784. The van der Waals surface area contributed by atoms with Gasteiger partial charge < -0.3 is 0 Å². The molecule has 3 aromatic rings. The molecule has 0 fully saturated rings. The minimum absolute atomic E-state index is 0.215. The second-order valence-electron chi connectivity index (χ2n) is 7.11. The summed E-state index contributed by atoms with van der Waals surface area (Å²) >= 11 is 6.25. The van der Waals surface area contributed by atoms with Gasteiger partial charge in [0.2, 0.25) is 5.28 Å². The zero-order chi connectivity index (χ0) is 19.6. The van der Waals surface area contributed by atoms with Gasteiger partial charge in [-0.25, -0.2) is 4.98 Å². The summed E-state index contributed by atoms with van der Waals surface area (Å²) in [5, 5.41) is 0.215. The van der Waals surface area contributed by atoms with E-state index in [0.717, 1.165) is 23.1 Å². The highest BCUT2D eigenvalue weighted by Crippen LogP contribution is 2.34. The van der Waals surface area contributed by atoms with Gasteiger partial charge in [0.25, 0.3) is 0 Å². The number of rotatable bonds is 3. The van der Waals surface area contributed by atoms with Crippen LogP contribution in [0.4, 0.5) is 0 Å². The fourth-order valence-corrected chi connectivity index (χ4v) is 3.86. The van der Waals surface area contributed by atoms with Crippen LogP contribution < -0.4 is 0 Å². The van der Waals surface area contributed by atoms with Gasteiger partial charge in [0.15, 0.2) is 11.6 Å². The summed E-state index contributed by atoms with van der Waals surface area (Å²) in [6, 6.07) is 18.5. The Hall–Kier alpha value is -3.30. The van der Waals surface area contributed by atoms with Crippen LogP contribution in [0.15, 0.2) is 96.6 Å². The summed E-state index contributed by atoms with van der Waals surface area (Å²) in [4.78, 5) is 13.5. The molecule has 1 unspecified atom stereocenters. The maximum absolute atomic E-state index is 6.25. The van der Waals surface area contributed by atoms with Crippen LogP contribution in [0.2, 0.25) is 5.28 Å². The topological polar surface area (TPSA) is 38.7 Å². The van der Waals surface area contributed by atoms with Crippen molar-refractivity contribution in [2.45, 2.75) is 6.42 Å². The van der Waals surface area contributed by atoms with Crippen molar-refractivity contribution in [3.8, 4) is 22.5 Å². The second-order valence-corrected chi connectivity index (χ2v) is 7.45. The quantitative estimate of drug-likeness (QED) is 0.521. The molecule has 1 heterocycles. The Kier molecular flexibility index (Phi) is 4.66. The van der Waals surface area contributed by atoms with E-state index in [1.54, 1.807) is 0 Å². The van der Waals surface area contributed by atoms with Crippen molar-refractivity contribution in [1.82, 2.24) is 15.0 Å². The normalized spacial score (nSPS) is 17.5. The first-order valence-corrected chi connectivity index (χ1v) is 9.97. The van der Waals surface area contributed by atoms with Crippen molar-refractivity contribution in [2.75, 3.05) is 0 Å². The largest absolute Gasteiger partial charge is 0.226 e. The van der Waals surface area contributed by atoms with Gasteiger partial charge in [0, 0.05) is 11.5 Å². The lowest BCUT2D eigenvalue weighted by Crippen LogP contribution is -2.09. The smallest absolute Gasteiger partial charge is 0.208 e. The van der Waals surface area contributed by atoms with Gasteiger partial charge in [0.05, 0.1) is 0 Å². The summed E-state index contributed by atoms with van der Waals surface area (Å²) in [5.41, 5.74) is 5.64. The maximum atomic E-state index is 6.25. The van der Waals surface area contributed by atoms with Gasteiger partial charge in [-0.2, -0.15) is 9.97 Å². The summed E-state index contributed by atoms with van der Waals surface area (Å²) in [7, 11) is 0. The molecule has 2 aliphatic carbocycles. The van der Waals surface area contributed by atoms with E-state index in [0.29, 0.717) is 17.6 Å². The fourth-order valence-electron chi connectivity index (χ4n) is 3.70. The molecule has 5 rings (SSSR count). The molecule has 0 amide bonds. The minimum atomic E-state index is 0.215. The van der Waals surface area contributed by atoms with E-state index < -0.39 is 0 Å². The predicted octanol–water partition coefficient (Wildman–Crippen LogP) is 6.31. The zero-order valence-corrected chi connectivity index (χ0v) is 16.4. The maximum Gasteiger partial charge on any atom is 0.226 e. The Labute approximate surface area is 174 Å². The first-order chi connectivity index (χ1) is 14.3. The molecule has 4 heteroatoms. The highest BCUT2D eigenvalue weighted by Gasteiger charge is 2.20. The summed E-state index contributed by atoms with van der Waals surface area (Å²) in [6.07, 6.45) is 13.6. The van der Waals surface area contributed by atoms with E-state index in [4.69, 9.17) is 16.6 Å². The third-order valence-electron chi connectivity index (χ3n) is 5.23. The summed E-state index contributed by atoms with van der Waals surface area (Å²) < 4.78 is 0. The molecule has 0 radical (unpaired) electrons. The molecule has 140 valence electrons. The van der Waals surface area contributed by atoms with Gasteiger partial charge in [0.1, 0.15) is 0 Å². The van der Waals surface area contributed by atoms with Gasteiger partial charge >= 0.3 is 0 Å². The highest BCUT2D eigenvalue weighted by molar-refractivity contribution is 6.28. The minimum Gasteiger partial charge on any atom is -0.208 e. The highest BCUT2D eigenvalue weighted by atomic mass is 35.5. The Morgan fingerprint density at radius 3 is 2.28 bits per heavy atom. The lowest BCUT2D eigenvalue weighted by Gasteiger charge is -2.21. The molecular weight excluding hydrogens is 378 g/mol. The van der Waals surface area contributed by atoms with Crippen molar-refractivity contribution >= 4 is 17.2 Å². The predicted molar refractivity (Wildman–Crippen MR) is 118 cm³/mol. The van der Waals surface area contributed by atoms with Crippen molar-refractivity contribution in [3.05, 3.63) is 108 Å². The standard InChI is InChI=1S/C25H18ClN3/c26-25-28-23(20-13-10-19(11-14-20)17-6-2-1-3-7-17)27-24(29-25)22-15-12-18-8-4-5-9-21(18)16-22/h1-15,21H,16H2. The second kappa shape index (κ2) is 7.61. The van der Waals surface area contributed by atoms with Gasteiger partial charge in [-0.15, -0.1) is 0 Å². The number of nitrogens with zero attached hydrogens (tertiary/aromatic N) is 3. The average molecular weight is 396 g/mol. The Balaban J connectivity index is 1.47. The number of fused-ring (bicyclic) bond motifs is 1. The van der Waals surface area contributed by atoms with Crippen LogP contribution in [-0.2, 0) is 0 Å². The molecule has 2 aromatic carbocycles. The van der Waals surface area contributed by atoms with Crippen molar-refractivity contribution < 1.29 is 0 Å². The van der Waals surface area contributed by atoms with E-state index in [2.05, 4.69) is 70.7 Å².